The molecule has 4 aliphatic carbocycles. The molecule has 4 saturated carbocycles. The third-order valence-electron chi connectivity index (χ3n) is 5.90. The van der Waals surface area contributed by atoms with E-state index >= 15 is 0 Å². The van der Waals surface area contributed by atoms with Gasteiger partial charge in [-0.2, -0.15) is 0 Å². The first kappa shape index (κ1) is 12.7. The molecule has 1 aromatic heterocycles. The average Bonchev–Trinajstić information content (AvgIpc) is 2.35. The maximum absolute atomic E-state index is 6.68. The van der Waals surface area contributed by atoms with E-state index in [4.69, 9.17) is 5.73 Å². The van der Waals surface area contributed by atoms with E-state index in [-0.39, 0.29) is 11.5 Å². The van der Waals surface area contributed by atoms with Crippen LogP contribution < -0.4 is 5.73 Å². The molecule has 1 atom stereocenters. The summed E-state index contributed by atoms with van der Waals surface area (Å²) in [6, 6.07) is -0.00343. The lowest BCUT2D eigenvalue weighted by Gasteiger charge is -2.58. The van der Waals surface area contributed by atoms with E-state index in [9.17, 15) is 0 Å². The van der Waals surface area contributed by atoms with Crippen LogP contribution in [0.15, 0.2) is 0 Å². The highest BCUT2D eigenvalue weighted by Gasteiger charge is 2.54. The van der Waals surface area contributed by atoms with Crippen molar-refractivity contribution in [3.8, 4) is 0 Å². The van der Waals surface area contributed by atoms with Gasteiger partial charge in [-0.15, -0.1) is 0 Å². The fourth-order valence-corrected chi connectivity index (χ4v) is 5.61. The Morgan fingerprint density at radius 2 is 1.35 bits per heavy atom. The van der Waals surface area contributed by atoms with E-state index in [1.54, 1.807) is 0 Å². The number of hydrogen-bond donors (Lipinski definition) is 1. The highest BCUT2D eigenvalue weighted by molar-refractivity contribution is 5.11. The molecular formula is C16H24N4. The van der Waals surface area contributed by atoms with Gasteiger partial charge in [0.05, 0.1) is 6.04 Å². The fraction of sp³-hybridized carbons (Fsp3) is 0.812. The third-order valence-corrected chi connectivity index (χ3v) is 5.90. The molecule has 108 valence electrons. The first-order chi connectivity index (χ1) is 9.54. The fourth-order valence-electron chi connectivity index (χ4n) is 5.61. The molecule has 0 saturated heterocycles. The molecule has 4 heteroatoms. The van der Waals surface area contributed by atoms with Crippen LogP contribution in [0, 0.1) is 37.0 Å². The van der Waals surface area contributed by atoms with Gasteiger partial charge in [0.1, 0.15) is 17.5 Å². The second kappa shape index (κ2) is 4.23. The summed E-state index contributed by atoms with van der Waals surface area (Å²) in [6.45, 7) is 3.87. The lowest BCUT2D eigenvalue weighted by Crippen LogP contribution is -2.51. The van der Waals surface area contributed by atoms with Gasteiger partial charge in [0, 0.05) is 0 Å². The van der Waals surface area contributed by atoms with Crippen LogP contribution in [0.4, 0.5) is 0 Å². The highest BCUT2D eigenvalue weighted by Crippen LogP contribution is 2.63. The molecule has 2 N–H and O–H groups in total. The van der Waals surface area contributed by atoms with Gasteiger partial charge in [0.25, 0.3) is 0 Å². The minimum Gasteiger partial charge on any atom is -0.321 e. The molecule has 1 aromatic rings. The molecule has 0 amide bonds. The quantitative estimate of drug-likeness (QED) is 0.899. The standard InChI is InChI=1S/C16H24N4/c1-9-18-10(2)20-15(19-9)14(17)16-6-11-3-12(7-16)5-13(4-11)8-16/h11-14H,3-8,17H2,1-2H3. The largest absolute Gasteiger partial charge is 0.321 e. The van der Waals surface area contributed by atoms with Crippen LogP contribution in [0.3, 0.4) is 0 Å². The summed E-state index contributed by atoms with van der Waals surface area (Å²) in [6.07, 6.45) is 8.22. The van der Waals surface area contributed by atoms with Crippen LogP contribution in [-0.2, 0) is 0 Å². The van der Waals surface area contributed by atoms with Crippen molar-refractivity contribution < 1.29 is 0 Å². The predicted molar refractivity (Wildman–Crippen MR) is 76.8 cm³/mol. The van der Waals surface area contributed by atoms with Crippen LogP contribution >= 0.6 is 0 Å². The molecule has 0 spiro atoms. The van der Waals surface area contributed by atoms with Crippen molar-refractivity contribution in [2.24, 2.45) is 28.9 Å². The summed E-state index contributed by atoms with van der Waals surface area (Å²) in [7, 11) is 0. The van der Waals surface area contributed by atoms with E-state index in [0.29, 0.717) is 0 Å². The minimum absolute atomic E-state index is 0.00343. The van der Waals surface area contributed by atoms with Crippen molar-refractivity contribution in [3.05, 3.63) is 17.5 Å². The van der Waals surface area contributed by atoms with Crippen molar-refractivity contribution in [2.75, 3.05) is 0 Å². The number of aryl methyl sites for hydroxylation is 2. The second-order valence-corrected chi connectivity index (χ2v) is 7.55. The van der Waals surface area contributed by atoms with E-state index in [1.165, 1.54) is 38.5 Å². The van der Waals surface area contributed by atoms with Gasteiger partial charge in [-0.1, -0.05) is 0 Å². The minimum atomic E-state index is -0.00343. The molecule has 20 heavy (non-hydrogen) atoms. The Morgan fingerprint density at radius 1 is 0.900 bits per heavy atom. The van der Waals surface area contributed by atoms with Crippen molar-refractivity contribution in [1.29, 1.82) is 0 Å². The first-order valence-electron chi connectivity index (χ1n) is 7.99. The number of nitrogens with two attached hydrogens (primary N) is 1. The first-order valence-corrected chi connectivity index (χ1v) is 7.99. The molecule has 5 rings (SSSR count). The SMILES string of the molecule is Cc1nc(C)nc(C(N)C23CC4CC(CC(C4)C2)C3)n1. The Kier molecular flexibility index (Phi) is 2.69. The monoisotopic (exact) mass is 272 g/mol. The molecular weight excluding hydrogens is 248 g/mol. The maximum atomic E-state index is 6.68. The van der Waals surface area contributed by atoms with Crippen molar-refractivity contribution in [2.45, 2.75) is 58.4 Å². The number of rotatable bonds is 2. The molecule has 4 fully saturated rings. The van der Waals surface area contributed by atoms with Gasteiger partial charge in [-0.25, -0.2) is 15.0 Å². The second-order valence-electron chi connectivity index (χ2n) is 7.55. The van der Waals surface area contributed by atoms with Crippen LogP contribution in [0.5, 0.6) is 0 Å². The van der Waals surface area contributed by atoms with Crippen LogP contribution in [-0.4, -0.2) is 15.0 Å². The normalized spacial score (nSPS) is 40.0. The van der Waals surface area contributed by atoms with Crippen LogP contribution in [0.1, 0.15) is 62.0 Å². The molecule has 1 unspecified atom stereocenters. The number of hydrogen-bond acceptors (Lipinski definition) is 4. The summed E-state index contributed by atoms with van der Waals surface area (Å²) in [5.41, 5.74) is 6.95. The Morgan fingerprint density at radius 3 is 1.80 bits per heavy atom. The van der Waals surface area contributed by atoms with Gasteiger partial charge in [-0.05, 0) is 75.5 Å². The zero-order chi connectivity index (χ0) is 13.9. The average molecular weight is 272 g/mol. The summed E-state index contributed by atoms with van der Waals surface area (Å²) in [5, 5.41) is 0. The molecule has 0 aromatic carbocycles. The Labute approximate surface area is 120 Å². The van der Waals surface area contributed by atoms with Gasteiger partial charge >= 0.3 is 0 Å². The Bertz CT molecular complexity index is 484. The summed E-state index contributed by atoms with van der Waals surface area (Å²) in [5.74, 6) is 5.17. The third kappa shape index (κ3) is 1.88. The lowest BCUT2D eigenvalue weighted by molar-refractivity contribution is -0.0692. The van der Waals surface area contributed by atoms with Gasteiger partial charge in [-0.3, -0.25) is 0 Å². The molecule has 0 aliphatic heterocycles. The van der Waals surface area contributed by atoms with E-state index < -0.39 is 0 Å². The maximum Gasteiger partial charge on any atom is 0.149 e. The van der Waals surface area contributed by atoms with Crippen LogP contribution in [0.25, 0.3) is 0 Å². The zero-order valence-corrected chi connectivity index (χ0v) is 12.5. The Hall–Kier alpha value is -1.03. The van der Waals surface area contributed by atoms with Gasteiger partial charge in [0.2, 0.25) is 0 Å². The topological polar surface area (TPSA) is 64.7 Å². The summed E-state index contributed by atoms with van der Waals surface area (Å²) in [4.78, 5) is 13.4. The number of nitrogens with zero attached hydrogens (tertiary/aromatic N) is 3. The van der Waals surface area contributed by atoms with E-state index in [0.717, 1.165) is 35.2 Å². The molecule has 1 heterocycles. The van der Waals surface area contributed by atoms with E-state index in [2.05, 4.69) is 15.0 Å². The molecule has 4 bridgehead atoms. The molecule has 0 radical (unpaired) electrons. The van der Waals surface area contributed by atoms with Gasteiger partial charge < -0.3 is 5.73 Å². The van der Waals surface area contributed by atoms with Crippen molar-refractivity contribution in [1.82, 2.24) is 15.0 Å². The summed E-state index contributed by atoms with van der Waals surface area (Å²) < 4.78 is 0. The van der Waals surface area contributed by atoms with Crippen molar-refractivity contribution >= 4 is 0 Å². The number of aromatic nitrogens is 3. The highest BCUT2D eigenvalue weighted by atomic mass is 15.0. The smallest absolute Gasteiger partial charge is 0.149 e. The zero-order valence-electron chi connectivity index (χ0n) is 12.5. The van der Waals surface area contributed by atoms with Gasteiger partial charge in [0.15, 0.2) is 0 Å². The van der Waals surface area contributed by atoms with Crippen LogP contribution in [0.2, 0.25) is 0 Å². The Balaban J connectivity index is 1.69. The van der Waals surface area contributed by atoms with Crippen molar-refractivity contribution in [3.63, 3.8) is 0 Å². The van der Waals surface area contributed by atoms with E-state index in [1.807, 2.05) is 13.8 Å². The molecule has 4 nitrogen and oxygen atoms in total. The summed E-state index contributed by atoms with van der Waals surface area (Å²) >= 11 is 0. The predicted octanol–water partition coefficient (Wildman–Crippen LogP) is 2.70. The molecule has 4 aliphatic rings. The lowest BCUT2D eigenvalue weighted by atomic mass is 9.47.